The Labute approximate surface area is 202 Å². The van der Waals surface area contributed by atoms with Crippen molar-refractivity contribution in [3.63, 3.8) is 0 Å². The maximum atomic E-state index is 13.9. The first kappa shape index (κ1) is 24.1. The molecule has 0 amide bonds. The van der Waals surface area contributed by atoms with Crippen molar-refractivity contribution in [2.24, 2.45) is 20.8 Å². The van der Waals surface area contributed by atoms with Crippen LogP contribution >= 0.6 is 11.3 Å². The van der Waals surface area contributed by atoms with E-state index in [1.54, 1.807) is 29.6 Å². The highest BCUT2D eigenvalue weighted by Gasteiger charge is 2.52. The number of fused-ring (bicyclic) bond motifs is 2. The molecule has 1 aromatic heterocycles. The quantitative estimate of drug-likeness (QED) is 0.259. The molecule has 1 aliphatic heterocycles. The summed E-state index contributed by atoms with van der Waals surface area (Å²) in [7, 11) is -4.21. The SMILES string of the molecule is CC(C)(C)CC[C@@]1(C)C(=O)C(C2=NS(=O)(=O)c3c(CN=[N+]=[N-])csc3N2)C(=O)c2ccccc21. The summed E-state index contributed by atoms with van der Waals surface area (Å²) < 4.78 is 30.0. The molecule has 2 heterocycles. The minimum absolute atomic E-state index is 0.0344. The Morgan fingerprint density at radius 1 is 1.26 bits per heavy atom. The van der Waals surface area contributed by atoms with Gasteiger partial charge in [0.2, 0.25) is 0 Å². The number of benzene rings is 1. The van der Waals surface area contributed by atoms with Gasteiger partial charge in [0.15, 0.2) is 11.6 Å². The van der Waals surface area contributed by atoms with E-state index in [2.05, 4.69) is 40.5 Å². The highest BCUT2D eigenvalue weighted by Crippen LogP contribution is 2.44. The average Bonchev–Trinajstić information content (AvgIpc) is 3.18. The number of carbonyl (C=O) groups excluding carboxylic acids is 2. The van der Waals surface area contributed by atoms with Gasteiger partial charge in [-0.05, 0) is 47.2 Å². The lowest BCUT2D eigenvalue weighted by Crippen LogP contribution is -2.51. The van der Waals surface area contributed by atoms with Crippen LogP contribution in [0.3, 0.4) is 0 Å². The highest BCUT2D eigenvalue weighted by atomic mass is 32.2. The zero-order valence-corrected chi connectivity index (χ0v) is 21.0. The predicted molar refractivity (Wildman–Crippen MR) is 131 cm³/mol. The van der Waals surface area contributed by atoms with Crippen LogP contribution in [0.25, 0.3) is 10.4 Å². The van der Waals surface area contributed by atoms with Crippen LogP contribution in [-0.2, 0) is 26.8 Å². The Morgan fingerprint density at radius 3 is 2.65 bits per heavy atom. The number of thiophene rings is 1. The lowest BCUT2D eigenvalue weighted by Gasteiger charge is -2.39. The van der Waals surface area contributed by atoms with Gasteiger partial charge in [-0.15, -0.1) is 15.7 Å². The van der Waals surface area contributed by atoms with Gasteiger partial charge in [-0.2, -0.15) is 8.42 Å². The van der Waals surface area contributed by atoms with Crippen molar-refractivity contribution >= 4 is 43.8 Å². The van der Waals surface area contributed by atoms with Crippen molar-refractivity contribution in [2.75, 3.05) is 5.32 Å². The summed E-state index contributed by atoms with van der Waals surface area (Å²) in [6, 6.07) is 7.02. The summed E-state index contributed by atoms with van der Waals surface area (Å²) in [4.78, 5) is 30.0. The number of sulfonamides is 1. The molecule has 1 aliphatic carbocycles. The van der Waals surface area contributed by atoms with Gasteiger partial charge in [0.1, 0.15) is 21.7 Å². The molecule has 9 nitrogen and oxygen atoms in total. The van der Waals surface area contributed by atoms with E-state index in [4.69, 9.17) is 5.53 Å². The van der Waals surface area contributed by atoms with E-state index in [1.165, 1.54) is 0 Å². The Hall–Kier alpha value is -3.01. The predicted octanol–water partition coefficient (Wildman–Crippen LogP) is 5.24. The minimum atomic E-state index is -4.21. The Morgan fingerprint density at radius 2 is 1.97 bits per heavy atom. The van der Waals surface area contributed by atoms with Crippen LogP contribution in [0, 0.1) is 11.3 Å². The van der Waals surface area contributed by atoms with Crippen molar-refractivity contribution in [3.05, 3.63) is 56.8 Å². The van der Waals surface area contributed by atoms with Gasteiger partial charge in [0, 0.05) is 10.5 Å². The summed E-state index contributed by atoms with van der Waals surface area (Å²) in [6.07, 6.45) is 1.25. The minimum Gasteiger partial charge on any atom is -0.333 e. The lowest BCUT2D eigenvalue weighted by molar-refractivity contribution is -0.125. The van der Waals surface area contributed by atoms with Crippen LogP contribution in [0.15, 0.2) is 44.1 Å². The number of rotatable bonds is 5. The number of ketones is 2. The monoisotopic (exact) mass is 499 g/mol. The van der Waals surface area contributed by atoms with E-state index < -0.39 is 27.1 Å². The molecule has 0 saturated carbocycles. The fourth-order valence-corrected chi connectivity index (χ4v) is 7.07. The molecule has 0 saturated heterocycles. The zero-order chi connectivity index (χ0) is 24.9. The van der Waals surface area contributed by atoms with Gasteiger partial charge in [0.05, 0.1) is 12.0 Å². The van der Waals surface area contributed by atoms with Crippen LogP contribution < -0.4 is 5.32 Å². The number of hydrogen-bond donors (Lipinski definition) is 1. The normalized spacial score (nSPS) is 23.3. The van der Waals surface area contributed by atoms with Crippen LogP contribution in [0.2, 0.25) is 0 Å². The molecule has 2 aliphatic rings. The fourth-order valence-electron chi connectivity index (χ4n) is 4.44. The molecule has 11 heteroatoms. The van der Waals surface area contributed by atoms with Crippen molar-refractivity contribution < 1.29 is 18.0 Å². The van der Waals surface area contributed by atoms with E-state index in [-0.39, 0.29) is 33.5 Å². The van der Waals surface area contributed by atoms with Crippen LogP contribution in [0.5, 0.6) is 0 Å². The molecular formula is C23H25N5O4S2. The van der Waals surface area contributed by atoms with Crippen molar-refractivity contribution in [2.45, 2.75) is 57.4 Å². The lowest BCUT2D eigenvalue weighted by atomic mass is 9.62. The van der Waals surface area contributed by atoms with Gasteiger partial charge in [-0.25, -0.2) is 0 Å². The standard InChI is InChI=1S/C23H25N5O4S2/c1-22(2,3)9-10-23(4)15-8-6-5-7-14(15)17(29)16(19(23)30)20-26-21-18(34(31,32)27-20)13(12-33-21)11-25-28-24/h5-8,12,16H,9-11H2,1-4H3,(H,26,27)/t16?,23-/m1/s1. The Balaban J connectivity index is 1.81. The Kier molecular flexibility index (Phi) is 5.91. The number of nitrogens with one attached hydrogen (secondary N) is 1. The van der Waals surface area contributed by atoms with Crippen LogP contribution in [-0.4, -0.2) is 25.8 Å². The molecule has 0 fully saturated rings. The molecule has 2 aromatic rings. The number of nitrogens with zero attached hydrogens (tertiary/aromatic N) is 4. The molecule has 1 N–H and O–H groups in total. The molecule has 0 radical (unpaired) electrons. The summed E-state index contributed by atoms with van der Waals surface area (Å²) in [5.41, 5.74) is 8.97. The first-order valence-corrected chi connectivity index (χ1v) is 13.1. The third kappa shape index (κ3) is 4.04. The first-order chi connectivity index (χ1) is 15.9. The van der Waals surface area contributed by atoms with Gasteiger partial charge in [0.25, 0.3) is 10.0 Å². The van der Waals surface area contributed by atoms with E-state index in [0.717, 1.165) is 17.8 Å². The third-order valence-electron chi connectivity index (χ3n) is 6.34. The molecule has 1 unspecified atom stereocenters. The molecular weight excluding hydrogens is 474 g/mol. The van der Waals surface area contributed by atoms with Crippen molar-refractivity contribution in [1.29, 1.82) is 0 Å². The van der Waals surface area contributed by atoms with Gasteiger partial charge >= 0.3 is 0 Å². The zero-order valence-electron chi connectivity index (χ0n) is 19.3. The largest absolute Gasteiger partial charge is 0.333 e. The van der Waals surface area contributed by atoms with E-state index >= 15 is 0 Å². The molecule has 1 aromatic carbocycles. The number of Topliss-reactive ketones (excluding diaryl/α,β-unsaturated/α-hetero) is 2. The maximum Gasteiger partial charge on any atom is 0.287 e. The second kappa shape index (κ2) is 8.33. The summed E-state index contributed by atoms with van der Waals surface area (Å²) in [5.74, 6) is -2.37. The second-order valence-electron chi connectivity index (χ2n) is 9.98. The second-order valence-corrected chi connectivity index (χ2v) is 12.4. The summed E-state index contributed by atoms with van der Waals surface area (Å²) in [6.45, 7) is 7.94. The Bertz CT molecular complexity index is 1380. The number of anilines is 1. The summed E-state index contributed by atoms with van der Waals surface area (Å²) >= 11 is 1.10. The van der Waals surface area contributed by atoms with Crippen LogP contribution in [0.1, 0.15) is 62.0 Å². The summed E-state index contributed by atoms with van der Waals surface area (Å²) in [5, 5.41) is 8.20. The van der Waals surface area contributed by atoms with Crippen molar-refractivity contribution in [3.8, 4) is 0 Å². The maximum absolute atomic E-state index is 13.9. The van der Waals surface area contributed by atoms with Gasteiger partial charge in [-0.3, -0.25) is 9.59 Å². The number of carbonyl (C=O) groups is 2. The molecule has 4 rings (SSSR count). The molecule has 178 valence electrons. The molecule has 0 bridgehead atoms. The molecule has 2 atom stereocenters. The fraction of sp³-hybridized carbons (Fsp3) is 0.435. The number of amidine groups is 1. The molecule has 0 spiro atoms. The van der Waals surface area contributed by atoms with E-state index in [0.29, 0.717) is 23.1 Å². The van der Waals surface area contributed by atoms with Crippen LogP contribution in [0.4, 0.5) is 5.00 Å². The first-order valence-electron chi connectivity index (χ1n) is 10.8. The highest BCUT2D eigenvalue weighted by molar-refractivity contribution is 7.90. The average molecular weight is 500 g/mol. The van der Waals surface area contributed by atoms with E-state index in [9.17, 15) is 18.0 Å². The smallest absolute Gasteiger partial charge is 0.287 e. The van der Waals surface area contributed by atoms with Gasteiger partial charge < -0.3 is 5.32 Å². The van der Waals surface area contributed by atoms with Gasteiger partial charge in [-0.1, -0.05) is 50.2 Å². The molecule has 34 heavy (non-hydrogen) atoms. The topological polar surface area (TPSA) is 141 Å². The number of azide groups is 1. The van der Waals surface area contributed by atoms with Crippen molar-refractivity contribution in [1.82, 2.24) is 0 Å². The third-order valence-corrected chi connectivity index (χ3v) is 8.84. The number of hydrogen-bond acceptors (Lipinski definition) is 7. The van der Waals surface area contributed by atoms with E-state index in [1.807, 2.05) is 6.92 Å².